The average Bonchev–Trinajstić information content (AvgIpc) is 3.07. The summed E-state index contributed by atoms with van der Waals surface area (Å²) in [6.07, 6.45) is 1.65. The molecule has 9 heteroatoms. The van der Waals surface area contributed by atoms with Crippen molar-refractivity contribution >= 4 is 11.7 Å². The van der Waals surface area contributed by atoms with E-state index in [1.807, 2.05) is 66.7 Å². The molecule has 0 radical (unpaired) electrons. The van der Waals surface area contributed by atoms with Gasteiger partial charge in [-0.15, -0.1) is 0 Å². The van der Waals surface area contributed by atoms with E-state index < -0.39 is 35.9 Å². The first-order chi connectivity index (χ1) is 23.2. The van der Waals surface area contributed by atoms with Crippen molar-refractivity contribution < 1.29 is 38.7 Å². The van der Waals surface area contributed by atoms with E-state index in [1.54, 1.807) is 14.2 Å². The second-order valence-electron chi connectivity index (χ2n) is 13.1. The molecule has 0 aliphatic carbocycles. The van der Waals surface area contributed by atoms with E-state index in [-0.39, 0.29) is 13.2 Å². The summed E-state index contributed by atoms with van der Waals surface area (Å²) in [5.74, 6) is 0.376. The molecule has 3 aromatic rings. The van der Waals surface area contributed by atoms with Gasteiger partial charge in [0.2, 0.25) is 0 Å². The summed E-state index contributed by atoms with van der Waals surface area (Å²) in [5.41, 5.74) is 5.62. The number of piperidine rings is 1. The number of amides is 1. The Balaban J connectivity index is 1.40. The second kappa shape index (κ2) is 16.6. The normalized spacial score (nSPS) is 21.7. The Morgan fingerprint density at radius 2 is 1.65 bits per heavy atom. The molecule has 48 heavy (non-hydrogen) atoms. The number of hydrogen-bond acceptors (Lipinski definition) is 7. The minimum Gasteiger partial charge on any atom is -0.483 e. The van der Waals surface area contributed by atoms with Crippen molar-refractivity contribution in [1.29, 1.82) is 0 Å². The third-order valence-corrected chi connectivity index (χ3v) is 9.08. The van der Waals surface area contributed by atoms with Crippen LogP contribution in [0.5, 0.6) is 5.75 Å². The zero-order valence-corrected chi connectivity index (χ0v) is 28.5. The highest BCUT2D eigenvalue weighted by Gasteiger charge is 2.46. The van der Waals surface area contributed by atoms with Crippen molar-refractivity contribution in [3.8, 4) is 5.75 Å². The van der Waals surface area contributed by atoms with E-state index in [9.17, 15) is 15.0 Å². The maximum Gasteiger partial charge on any atom is 0.407 e. The van der Waals surface area contributed by atoms with E-state index >= 15 is 0 Å². The topological polar surface area (TPSA) is 107 Å². The Bertz CT molecular complexity index is 1510. The fourth-order valence-corrected chi connectivity index (χ4v) is 6.76. The quantitative estimate of drug-likeness (QED) is 0.179. The van der Waals surface area contributed by atoms with Gasteiger partial charge in [0.05, 0.1) is 51.2 Å². The summed E-state index contributed by atoms with van der Waals surface area (Å²) in [4.78, 5) is 14.0. The van der Waals surface area contributed by atoms with Crippen molar-refractivity contribution in [2.24, 2.45) is 0 Å². The number of rotatable bonds is 15. The van der Waals surface area contributed by atoms with Crippen LogP contribution >= 0.6 is 0 Å². The third-order valence-electron chi connectivity index (χ3n) is 9.08. The molecule has 1 unspecified atom stereocenters. The lowest BCUT2D eigenvalue weighted by Crippen LogP contribution is -2.60. The molecule has 1 amide bonds. The van der Waals surface area contributed by atoms with Gasteiger partial charge in [-0.25, -0.2) is 4.79 Å². The number of hydrogen-bond donors (Lipinski definition) is 2. The second-order valence-corrected chi connectivity index (χ2v) is 13.1. The number of nitrogens with zero attached hydrogens (tertiary/aromatic N) is 1. The molecule has 2 N–H and O–H groups in total. The number of carboxylic acid groups (broad SMARTS) is 1. The van der Waals surface area contributed by atoms with E-state index in [4.69, 9.17) is 23.7 Å². The van der Waals surface area contributed by atoms with Crippen LogP contribution in [0.3, 0.4) is 0 Å². The number of ether oxygens (including phenoxy) is 5. The van der Waals surface area contributed by atoms with Gasteiger partial charge in [-0.2, -0.15) is 0 Å². The summed E-state index contributed by atoms with van der Waals surface area (Å²) in [6, 6.07) is 23.1. The molecular formula is C39H49NO8. The fourth-order valence-electron chi connectivity index (χ4n) is 6.76. The number of benzene rings is 3. The van der Waals surface area contributed by atoms with E-state index in [1.165, 1.54) is 10.5 Å². The highest BCUT2D eigenvalue weighted by atomic mass is 16.5. The van der Waals surface area contributed by atoms with Crippen molar-refractivity contribution in [2.75, 3.05) is 40.6 Å². The monoisotopic (exact) mass is 659 g/mol. The standard InChI is InChI=1S/C39H49NO8/c1-39(2)23-31(11-8-18-44-3)32-21-29(14-17-34(32)48-39)26-47-35-24-40(38(42)43)33(22-27-9-6-5-7-10-27)37(41)36(35)30-15-12-28(13-16-30)25-46-20-19-45-4/h5-7,9-10,12-17,21,23,33,35-37,41H,8,11,18-20,22,24-26H2,1-4H3,(H,42,43)/t33?,35-,36+,37+/m0/s1. The minimum atomic E-state index is -1.08. The lowest BCUT2D eigenvalue weighted by molar-refractivity contribution is -0.0911. The molecular weight excluding hydrogens is 610 g/mol. The molecule has 4 atom stereocenters. The highest BCUT2D eigenvalue weighted by Crippen LogP contribution is 2.40. The van der Waals surface area contributed by atoms with Crippen molar-refractivity contribution in [3.63, 3.8) is 0 Å². The largest absolute Gasteiger partial charge is 0.483 e. The smallest absolute Gasteiger partial charge is 0.407 e. The number of aliphatic hydroxyl groups excluding tert-OH is 1. The van der Waals surface area contributed by atoms with Gasteiger partial charge in [-0.3, -0.25) is 4.90 Å². The van der Waals surface area contributed by atoms with Gasteiger partial charge in [-0.05, 0) is 79.1 Å². The minimum absolute atomic E-state index is 0.126. The SMILES string of the molecule is COCCCC1=CC(C)(C)Oc2ccc(CO[C@H]3CN(C(=O)O)C(Cc4ccccc4)[C@@H](O)[C@@H]3c3ccc(COCCOC)cc3)cc21. The predicted octanol–water partition coefficient (Wildman–Crippen LogP) is 6.47. The summed E-state index contributed by atoms with van der Waals surface area (Å²) in [6.45, 7) is 6.62. The summed E-state index contributed by atoms with van der Waals surface area (Å²) >= 11 is 0. The Hall–Kier alpha value is -3.73. The van der Waals surface area contributed by atoms with Crippen LogP contribution in [0.1, 0.15) is 60.4 Å². The lowest BCUT2D eigenvalue weighted by atomic mass is 9.78. The van der Waals surface area contributed by atoms with Crippen LogP contribution < -0.4 is 4.74 Å². The molecule has 3 aromatic carbocycles. The third kappa shape index (κ3) is 9.03. The maximum absolute atomic E-state index is 12.6. The molecule has 0 spiro atoms. The molecule has 0 saturated carbocycles. The zero-order valence-electron chi connectivity index (χ0n) is 28.5. The van der Waals surface area contributed by atoms with Crippen molar-refractivity contribution in [2.45, 2.75) is 76.1 Å². The molecule has 1 fully saturated rings. The Morgan fingerprint density at radius 3 is 2.35 bits per heavy atom. The van der Waals surface area contributed by atoms with Crippen LogP contribution in [0.25, 0.3) is 5.57 Å². The molecule has 5 rings (SSSR count). The molecule has 0 aromatic heterocycles. The van der Waals surface area contributed by atoms with Crippen molar-refractivity contribution in [3.05, 3.63) is 107 Å². The van der Waals surface area contributed by atoms with Gasteiger partial charge < -0.3 is 33.9 Å². The highest BCUT2D eigenvalue weighted by molar-refractivity contribution is 5.74. The van der Waals surface area contributed by atoms with Gasteiger partial charge in [0.1, 0.15) is 11.4 Å². The van der Waals surface area contributed by atoms with E-state index in [2.05, 4.69) is 26.0 Å². The van der Waals surface area contributed by atoms with Gasteiger partial charge in [0.15, 0.2) is 0 Å². The zero-order chi connectivity index (χ0) is 34.1. The number of aliphatic hydroxyl groups is 1. The number of fused-ring (bicyclic) bond motifs is 1. The Labute approximate surface area is 284 Å². The molecule has 2 aliphatic heterocycles. The lowest BCUT2D eigenvalue weighted by Gasteiger charge is -2.46. The number of likely N-dealkylation sites (tertiary alicyclic amines) is 1. The molecule has 2 heterocycles. The number of methoxy groups -OCH3 is 2. The number of allylic oxidation sites excluding steroid dienone is 1. The number of carbonyl (C=O) groups is 1. The first-order valence-corrected chi connectivity index (χ1v) is 16.7. The Kier molecular flexibility index (Phi) is 12.3. The van der Waals surface area contributed by atoms with Gasteiger partial charge in [-0.1, -0.05) is 60.7 Å². The Morgan fingerprint density at radius 1 is 0.917 bits per heavy atom. The predicted molar refractivity (Wildman–Crippen MR) is 184 cm³/mol. The van der Waals surface area contributed by atoms with Crippen LogP contribution in [0.2, 0.25) is 0 Å². The van der Waals surface area contributed by atoms with Gasteiger partial charge >= 0.3 is 6.09 Å². The fraction of sp³-hybridized carbons (Fsp3) is 0.462. The van der Waals surface area contributed by atoms with E-state index in [0.29, 0.717) is 32.8 Å². The summed E-state index contributed by atoms with van der Waals surface area (Å²) in [7, 11) is 3.35. The molecule has 258 valence electrons. The molecule has 0 bridgehead atoms. The summed E-state index contributed by atoms with van der Waals surface area (Å²) < 4.78 is 28.9. The molecule has 9 nitrogen and oxygen atoms in total. The van der Waals surface area contributed by atoms with Crippen molar-refractivity contribution in [1.82, 2.24) is 4.90 Å². The van der Waals surface area contributed by atoms with Crippen LogP contribution in [0.4, 0.5) is 4.79 Å². The first-order valence-electron chi connectivity index (χ1n) is 16.7. The summed E-state index contributed by atoms with van der Waals surface area (Å²) in [5, 5.41) is 22.3. The van der Waals surface area contributed by atoms with Crippen LogP contribution in [-0.4, -0.2) is 85.6 Å². The van der Waals surface area contributed by atoms with Crippen LogP contribution in [0, 0.1) is 0 Å². The van der Waals surface area contributed by atoms with Gasteiger partial charge in [0, 0.05) is 32.3 Å². The van der Waals surface area contributed by atoms with Crippen LogP contribution in [0.15, 0.2) is 78.9 Å². The van der Waals surface area contributed by atoms with Crippen LogP contribution in [-0.2, 0) is 38.6 Å². The molecule has 1 saturated heterocycles. The molecule has 2 aliphatic rings. The van der Waals surface area contributed by atoms with Gasteiger partial charge in [0.25, 0.3) is 0 Å². The first kappa shape index (κ1) is 35.6. The average molecular weight is 660 g/mol. The van der Waals surface area contributed by atoms with E-state index in [0.717, 1.165) is 46.4 Å². The maximum atomic E-state index is 12.6.